The molecule has 0 amide bonds. The van der Waals surface area contributed by atoms with Crippen LogP contribution in [0.1, 0.15) is 116 Å². The maximum Gasteiger partial charge on any atom is 0.0541 e. The minimum atomic E-state index is -0.0114. The van der Waals surface area contributed by atoms with Crippen molar-refractivity contribution >= 4 is 155 Å². The molecule has 6 heteroatoms. The van der Waals surface area contributed by atoms with Crippen LogP contribution in [-0.4, -0.2) is 9.13 Å². The van der Waals surface area contributed by atoms with Crippen molar-refractivity contribution in [1.82, 2.24) is 9.13 Å². The van der Waals surface area contributed by atoms with Gasteiger partial charge in [-0.15, -0.1) is 34.0 Å². The first-order chi connectivity index (χ1) is 58.1. The molecule has 0 saturated heterocycles. The van der Waals surface area contributed by atoms with Crippen LogP contribution in [0.25, 0.3) is 160 Å². The maximum atomic E-state index is 2.44. The molecule has 0 N–H and O–H groups in total. The average molecular weight is 1600 g/mol. The molecule has 0 atom stereocenters. The van der Waals surface area contributed by atoms with Crippen LogP contribution in [0.15, 0.2) is 346 Å². The van der Waals surface area contributed by atoms with Gasteiger partial charge < -0.3 is 14.0 Å². The quantitative estimate of drug-likeness (QED) is 0.162. The summed E-state index contributed by atoms with van der Waals surface area (Å²) in [6.07, 6.45) is 0. The molecule has 5 heterocycles. The second-order valence-corrected chi connectivity index (χ2v) is 39.8. The molecule has 16 aromatic carbocycles. The van der Waals surface area contributed by atoms with Crippen molar-refractivity contribution < 1.29 is 0 Å². The fraction of sp³-hybridized carbons (Fsp3) is 0.158. The van der Waals surface area contributed by atoms with Gasteiger partial charge in [-0.05, 0) is 209 Å². The second kappa shape index (κ2) is 27.0. The monoisotopic (exact) mass is 1600 g/mol. The van der Waals surface area contributed by atoms with Crippen LogP contribution in [-0.2, 0) is 32.5 Å². The summed E-state index contributed by atoms with van der Waals surface area (Å²) in [7, 11) is 0. The number of para-hydroxylation sites is 6. The molecule has 0 unspecified atom stereocenters. The number of nitrogens with zero attached hydrogens (tertiary/aromatic N) is 3. The van der Waals surface area contributed by atoms with Crippen LogP contribution in [0.2, 0.25) is 0 Å². The van der Waals surface area contributed by atoms with Gasteiger partial charge in [-0.3, -0.25) is 0 Å². The molecule has 0 aliphatic heterocycles. The van der Waals surface area contributed by atoms with Crippen LogP contribution in [0, 0.1) is 0 Å². The van der Waals surface area contributed by atoms with Gasteiger partial charge in [0.25, 0.3) is 0 Å². The predicted molar refractivity (Wildman–Crippen MR) is 521 cm³/mol. The summed E-state index contributed by atoms with van der Waals surface area (Å²) >= 11 is 5.81. The van der Waals surface area contributed by atoms with Gasteiger partial charge in [-0.2, -0.15) is 0 Å². The van der Waals surface area contributed by atoms with Gasteiger partial charge in [-0.25, -0.2) is 0 Å². The summed E-state index contributed by atoms with van der Waals surface area (Å²) in [5, 5.41) is 13.3. The highest BCUT2D eigenvalue weighted by Crippen LogP contribution is 2.61. The van der Waals surface area contributed by atoms with Gasteiger partial charge in [0.05, 0.1) is 22.1 Å². The van der Waals surface area contributed by atoms with Crippen molar-refractivity contribution in [2.24, 2.45) is 0 Å². The van der Waals surface area contributed by atoms with Crippen LogP contribution < -0.4 is 4.90 Å². The molecule has 3 aliphatic rings. The first-order valence-electron chi connectivity index (χ1n) is 42.4. The Labute approximate surface area is 714 Å². The van der Waals surface area contributed by atoms with Crippen molar-refractivity contribution in [3.8, 4) is 55.9 Å². The normalized spacial score (nSPS) is 15.4. The number of hydrogen-bond acceptors (Lipinski definition) is 4. The zero-order valence-electron chi connectivity index (χ0n) is 70.0. The molecule has 3 aliphatic carbocycles. The van der Waals surface area contributed by atoms with Crippen LogP contribution in [0.5, 0.6) is 0 Å². The van der Waals surface area contributed by atoms with Crippen molar-refractivity contribution in [2.75, 3.05) is 4.90 Å². The summed E-state index contributed by atoms with van der Waals surface area (Å²) in [6.45, 7) is 29.0. The summed E-state index contributed by atoms with van der Waals surface area (Å²) in [5.41, 5.74) is 30.6. The minimum absolute atomic E-state index is 0.00312. The van der Waals surface area contributed by atoms with E-state index in [1.807, 2.05) is 34.0 Å². The molecule has 24 rings (SSSR count). The van der Waals surface area contributed by atoms with E-state index < -0.39 is 0 Å². The molecule has 0 saturated carbocycles. The molecule has 0 spiro atoms. The number of aromatic nitrogens is 2. The molecule has 0 fully saturated rings. The van der Waals surface area contributed by atoms with Crippen molar-refractivity contribution in [3.05, 3.63) is 379 Å². The Morgan fingerprint density at radius 1 is 0.225 bits per heavy atom. The Balaban J connectivity index is 0.000000108. The Morgan fingerprint density at radius 2 is 0.633 bits per heavy atom. The Hall–Kier alpha value is -12.4. The third-order valence-corrected chi connectivity index (χ3v) is 32.9. The van der Waals surface area contributed by atoms with E-state index >= 15 is 0 Å². The standard InChI is InChI=1S/C42H33NS.C36H29NS.C36H31NS/c1-41(2)35-14-8-5-11-29(35)32-22-23-33-34-25-27(19-24-38(34)44-40(33)39(32)42(41,3)4)26-17-20-28(21-18-26)43-36-15-9-6-12-30(36)31-13-7-10-16-37(31)43;1-35(2)28-14-8-5-13-27(28)33-29(36(35,3)4)20-19-26-25-18-17-22(21-32(25)38-34(26)33)37-30-15-9-6-11-23(30)24-12-7-10-16-31(24)37;1-35(2)29-18-12-11-17-27(29)33-30(36(35,3)4)20-22-32-34(33)28-23-26(19-21-31(28)38-32)37(24-13-7-5-8-14-24)25-15-9-6-10-16-25/h5-25H,1-4H3;5-21H,1-4H3;5-23H,1-4H3. The maximum absolute atomic E-state index is 2.44. The lowest BCUT2D eigenvalue weighted by atomic mass is 9.55. The van der Waals surface area contributed by atoms with E-state index in [1.54, 1.807) is 0 Å². The Bertz CT molecular complexity index is 7630. The fourth-order valence-corrected chi connectivity index (χ4v) is 24.8. The third-order valence-electron chi connectivity index (χ3n) is 29.3. The van der Waals surface area contributed by atoms with E-state index in [-0.39, 0.29) is 32.5 Å². The van der Waals surface area contributed by atoms with Crippen molar-refractivity contribution in [1.29, 1.82) is 0 Å². The highest BCUT2D eigenvalue weighted by atomic mass is 32.1. The topological polar surface area (TPSA) is 13.1 Å². The summed E-state index contributed by atoms with van der Waals surface area (Å²) in [6, 6.07) is 128. The third kappa shape index (κ3) is 10.8. The molecule has 120 heavy (non-hydrogen) atoms. The highest BCUT2D eigenvalue weighted by molar-refractivity contribution is 7.27. The smallest absolute Gasteiger partial charge is 0.0541 e. The Morgan fingerprint density at radius 3 is 1.22 bits per heavy atom. The molecular weight excluding hydrogens is 1510 g/mol. The largest absolute Gasteiger partial charge is 0.310 e. The minimum Gasteiger partial charge on any atom is -0.310 e. The zero-order chi connectivity index (χ0) is 81.7. The van der Waals surface area contributed by atoms with Gasteiger partial charge in [-0.1, -0.05) is 320 Å². The Kier molecular flexibility index (Phi) is 16.7. The average Bonchev–Trinajstić information content (AvgIpc) is 1.44. The van der Waals surface area contributed by atoms with E-state index in [0.717, 1.165) is 11.4 Å². The lowest BCUT2D eigenvalue weighted by Crippen LogP contribution is -2.43. The number of hydrogen-bond donors (Lipinski definition) is 0. The van der Waals surface area contributed by atoms with Gasteiger partial charge in [0.2, 0.25) is 0 Å². The molecule has 3 nitrogen and oxygen atoms in total. The first-order valence-corrected chi connectivity index (χ1v) is 44.8. The number of anilines is 3. The lowest BCUT2D eigenvalue weighted by molar-refractivity contribution is 0.299. The number of fused-ring (bicyclic) bond motifs is 27. The van der Waals surface area contributed by atoms with Crippen LogP contribution in [0.3, 0.4) is 0 Å². The second-order valence-electron chi connectivity index (χ2n) is 36.6. The summed E-state index contributed by atoms with van der Waals surface area (Å²) in [4.78, 5) is 2.36. The van der Waals surface area contributed by atoms with Crippen molar-refractivity contribution in [2.45, 2.75) is 116 Å². The van der Waals surface area contributed by atoms with E-state index in [4.69, 9.17) is 0 Å². The summed E-state index contributed by atoms with van der Waals surface area (Å²) < 4.78 is 13.0. The van der Waals surface area contributed by atoms with E-state index in [1.165, 1.54) is 199 Å². The highest BCUT2D eigenvalue weighted by Gasteiger charge is 2.50. The summed E-state index contributed by atoms with van der Waals surface area (Å²) in [5.74, 6) is 0. The molecular formula is C114H93N3S3. The van der Waals surface area contributed by atoms with E-state index in [2.05, 4.69) is 443 Å². The van der Waals surface area contributed by atoms with Gasteiger partial charge in [0.1, 0.15) is 0 Å². The van der Waals surface area contributed by atoms with E-state index in [9.17, 15) is 0 Å². The molecule has 582 valence electrons. The fourth-order valence-electron chi connectivity index (χ4n) is 21.0. The predicted octanol–water partition coefficient (Wildman–Crippen LogP) is 33.2. The molecule has 21 aromatic rings. The number of rotatable bonds is 6. The van der Waals surface area contributed by atoms with Gasteiger partial charge in [0, 0.05) is 121 Å². The molecule has 0 bridgehead atoms. The molecule has 5 aromatic heterocycles. The van der Waals surface area contributed by atoms with Gasteiger partial charge >= 0.3 is 0 Å². The number of thiophene rings is 3. The first kappa shape index (κ1) is 73.9. The van der Waals surface area contributed by atoms with Crippen LogP contribution in [0.4, 0.5) is 17.1 Å². The van der Waals surface area contributed by atoms with E-state index in [0.29, 0.717) is 0 Å². The zero-order valence-corrected chi connectivity index (χ0v) is 72.4. The van der Waals surface area contributed by atoms with Gasteiger partial charge in [0.15, 0.2) is 0 Å². The SMILES string of the molecule is CC1(C)c2ccccc2-c2c(ccc3c2sc2cc(-n4c5ccccc5c5ccccc54)ccc23)C1(C)C.CC1(C)c2ccccc2-c2c(ccc3sc4ccc(N(c5ccccc5)c5ccccc5)cc4c23)C1(C)C.CC1(C)c2ccccc2-c2ccc3c(sc4ccc(-c5ccc(-n6c7ccccc7c7ccccc76)cc5)cc43)c2C1(C)C. The van der Waals surface area contributed by atoms with Crippen LogP contribution >= 0.6 is 34.0 Å². The number of benzene rings is 16. The lowest BCUT2D eigenvalue weighted by Gasteiger charge is -2.48. The molecule has 0 radical (unpaired) electrons. The van der Waals surface area contributed by atoms with Crippen molar-refractivity contribution in [3.63, 3.8) is 0 Å².